The summed E-state index contributed by atoms with van der Waals surface area (Å²) in [7, 11) is 0. The lowest BCUT2D eigenvalue weighted by Crippen LogP contribution is -2.36. The number of ketones is 1. The predicted octanol–water partition coefficient (Wildman–Crippen LogP) is 3.12. The number of Topliss-reactive ketones (excluding diaryl/α,β-unsaturated/α-hetero) is 1. The van der Waals surface area contributed by atoms with Crippen LogP contribution in [-0.2, 0) is 4.79 Å². The van der Waals surface area contributed by atoms with Crippen LogP contribution in [0.4, 0.5) is 0 Å². The second-order valence-electron chi connectivity index (χ2n) is 4.68. The van der Waals surface area contributed by atoms with E-state index in [0.717, 1.165) is 25.2 Å². The zero-order valence-electron chi connectivity index (χ0n) is 8.67. The van der Waals surface area contributed by atoms with Gasteiger partial charge in [-0.05, 0) is 37.5 Å². The zero-order chi connectivity index (χ0) is 10.1. The molecule has 2 fully saturated rings. The fourth-order valence-electron chi connectivity index (χ4n) is 3.02. The Hall–Kier alpha value is -0.850. The first-order valence-corrected chi connectivity index (χ1v) is 5.54. The fraction of sp³-hybridized carbons (Fsp3) is 0.615. The molecule has 0 amide bonds. The molecule has 3 unspecified atom stereocenters. The molecule has 0 aromatic carbocycles. The van der Waals surface area contributed by atoms with E-state index in [0.29, 0.717) is 11.7 Å². The van der Waals surface area contributed by atoms with E-state index in [1.165, 1.54) is 18.4 Å². The van der Waals surface area contributed by atoms with Crippen molar-refractivity contribution in [3.05, 3.63) is 24.8 Å². The van der Waals surface area contributed by atoms with Crippen molar-refractivity contribution >= 4 is 5.78 Å². The molecule has 0 aromatic rings. The highest BCUT2D eigenvalue weighted by molar-refractivity contribution is 5.83. The number of fused-ring (bicyclic) bond motifs is 1. The molecule has 1 nitrogen and oxygen atoms in total. The average molecular weight is 190 g/mol. The van der Waals surface area contributed by atoms with E-state index in [9.17, 15) is 4.79 Å². The van der Waals surface area contributed by atoms with Crippen LogP contribution in [0.5, 0.6) is 0 Å². The first kappa shape index (κ1) is 9.70. The van der Waals surface area contributed by atoms with E-state index in [1.54, 1.807) is 0 Å². The molecule has 3 atom stereocenters. The van der Waals surface area contributed by atoms with Crippen molar-refractivity contribution in [1.29, 1.82) is 0 Å². The number of carbonyl (C=O) groups is 1. The van der Waals surface area contributed by atoms with Gasteiger partial charge in [-0.1, -0.05) is 18.2 Å². The molecule has 0 bridgehead atoms. The smallest absolute Gasteiger partial charge is 0.140 e. The van der Waals surface area contributed by atoms with E-state index >= 15 is 0 Å². The van der Waals surface area contributed by atoms with E-state index in [4.69, 9.17) is 0 Å². The number of hydrogen-bond donors (Lipinski definition) is 0. The van der Waals surface area contributed by atoms with Gasteiger partial charge in [-0.2, -0.15) is 0 Å². The maximum atomic E-state index is 11.7. The Balaban J connectivity index is 2.18. The fourth-order valence-corrected chi connectivity index (χ4v) is 3.02. The zero-order valence-corrected chi connectivity index (χ0v) is 8.67. The van der Waals surface area contributed by atoms with Crippen molar-refractivity contribution in [3.8, 4) is 0 Å². The first-order chi connectivity index (χ1) is 6.72. The summed E-state index contributed by atoms with van der Waals surface area (Å²) in [5.41, 5.74) is 1.33. The Morgan fingerprint density at radius 2 is 2.00 bits per heavy atom. The van der Waals surface area contributed by atoms with Crippen molar-refractivity contribution in [1.82, 2.24) is 0 Å². The van der Waals surface area contributed by atoms with Crippen molar-refractivity contribution in [3.63, 3.8) is 0 Å². The average Bonchev–Trinajstić information content (AvgIpc) is 2.17. The highest BCUT2D eigenvalue weighted by Gasteiger charge is 2.38. The molecule has 0 saturated heterocycles. The third kappa shape index (κ3) is 1.56. The molecule has 76 valence electrons. The Labute approximate surface area is 85.9 Å². The van der Waals surface area contributed by atoms with Crippen LogP contribution >= 0.6 is 0 Å². The highest BCUT2D eigenvalue weighted by atomic mass is 16.1. The van der Waals surface area contributed by atoms with Crippen molar-refractivity contribution in [2.75, 3.05) is 0 Å². The largest absolute Gasteiger partial charge is 0.299 e. The predicted molar refractivity (Wildman–Crippen MR) is 57.9 cm³/mol. The van der Waals surface area contributed by atoms with E-state index in [1.807, 2.05) is 6.08 Å². The Morgan fingerprint density at radius 3 is 2.71 bits per heavy atom. The molecular formula is C13H18O. The molecule has 0 aromatic heterocycles. The maximum Gasteiger partial charge on any atom is 0.140 e. The molecule has 0 aliphatic heterocycles. The van der Waals surface area contributed by atoms with Gasteiger partial charge < -0.3 is 0 Å². The van der Waals surface area contributed by atoms with Gasteiger partial charge in [0.05, 0.1) is 0 Å². The molecule has 2 aliphatic carbocycles. The SMILES string of the molecule is C=CC1C(=O)CCC2CCC(=C)CC21. The van der Waals surface area contributed by atoms with Crippen LogP contribution in [0, 0.1) is 17.8 Å². The minimum Gasteiger partial charge on any atom is -0.299 e. The van der Waals surface area contributed by atoms with Gasteiger partial charge in [-0.25, -0.2) is 0 Å². The summed E-state index contributed by atoms with van der Waals surface area (Å²) in [6, 6.07) is 0. The van der Waals surface area contributed by atoms with Crippen LogP contribution in [0.1, 0.15) is 32.1 Å². The van der Waals surface area contributed by atoms with Crippen LogP contribution in [0.15, 0.2) is 24.8 Å². The Kier molecular flexibility index (Phi) is 2.58. The second kappa shape index (κ2) is 3.72. The van der Waals surface area contributed by atoms with Gasteiger partial charge in [0, 0.05) is 12.3 Å². The highest BCUT2D eigenvalue weighted by Crippen LogP contribution is 2.44. The number of hydrogen-bond acceptors (Lipinski definition) is 1. The van der Waals surface area contributed by atoms with Crippen LogP contribution in [-0.4, -0.2) is 5.78 Å². The van der Waals surface area contributed by atoms with E-state index in [2.05, 4.69) is 13.2 Å². The standard InChI is InChI=1S/C13H18O/c1-3-11-12-8-9(2)4-5-10(12)6-7-13(11)14/h3,10-12H,1-2,4-8H2. The van der Waals surface area contributed by atoms with Crippen LogP contribution in [0.2, 0.25) is 0 Å². The van der Waals surface area contributed by atoms with Crippen LogP contribution in [0.25, 0.3) is 0 Å². The number of rotatable bonds is 1. The first-order valence-electron chi connectivity index (χ1n) is 5.54. The van der Waals surface area contributed by atoms with Gasteiger partial charge in [-0.3, -0.25) is 4.79 Å². The van der Waals surface area contributed by atoms with Crippen molar-refractivity contribution in [2.24, 2.45) is 17.8 Å². The summed E-state index contributed by atoms with van der Waals surface area (Å²) in [5, 5.41) is 0. The van der Waals surface area contributed by atoms with Gasteiger partial charge in [0.25, 0.3) is 0 Å². The van der Waals surface area contributed by atoms with E-state index < -0.39 is 0 Å². The van der Waals surface area contributed by atoms with E-state index in [-0.39, 0.29) is 5.92 Å². The quantitative estimate of drug-likeness (QED) is 0.581. The summed E-state index contributed by atoms with van der Waals surface area (Å²) in [5.74, 6) is 1.79. The molecule has 0 radical (unpaired) electrons. The molecule has 2 rings (SSSR count). The number of carbonyl (C=O) groups excluding carboxylic acids is 1. The Morgan fingerprint density at radius 1 is 1.29 bits per heavy atom. The second-order valence-corrected chi connectivity index (χ2v) is 4.68. The van der Waals surface area contributed by atoms with Crippen LogP contribution in [0.3, 0.4) is 0 Å². The summed E-state index contributed by atoms with van der Waals surface area (Å²) >= 11 is 0. The summed E-state index contributed by atoms with van der Waals surface area (Å²) in [6.07, 6.45) is 7.18. The monoisotopic (exact) mass is 190 g/mol. The lowest BCUT2D eigenvalue weighted by molar-refractivity contribution is -0.126. The lowest BCUT2D eigenvalue weighted by atomic mass is 9.64. The Bertz CT molecular complexity index is 275. The molecule has 0 spiro atoms. The normalized spacial score (nSPS) is 37.9. The van der Waals surface area contributed by atoms with Crippen molar-refractivity contribution < 1.29 is 4.79 Å². The maximum absolute atomic E-state index is 11.7. The summed E-state index contributed by atoms with van der Waals surface area (Å²) in [4.78, 5) is 11.7. The van der Waals surface area contributed by atoms with Gasteiger partial charge in [0.15, 0.2) is 0 Å². The molecule has 2 saturated carbocycles. The minimum atomic E-state index is 0.116. The van der Waals surface area contributed by atoms with Gasteiger partial charge in [0.2, 0.25) is 0 Å². The van der Waals surface area contributed by atoms with Gasteiger partial charge in [0.1, 0.15) is 5.78 Å². The third-order valence-electron chi connectivity index (χ3n) is 3.85. The summed E-state index contributed by atoms with van der Waals surface area (Å²) < 4.78 is 0. The minimum absolute atomic E-state index is 0.116. The van der Waals surface area contributed by atoms with Crippen LogP contribution < -0.4 is 0 Å². The van der Waals surface area contributed by atoms with Crippen molar-refractivity contribution in [2.45, 2.75) is 32.1 Å². The molecule has 0 heterocycles. The summed E-state index contributed by atoms with van der Waals surface area (Å²) in [6.45, 7) is 7.85. The van der Waals surface area contributed by atoms with Gasteiger partial charge >= 0.3 is 0 Å². The molecule has 2 aliphatic rings. The lowest BCUT2D eigenvalue weighted by Gasteiger charge is -2.40. The third-order valence-corrected chi connectivity index (χ3v) is 3.85. The number of allylic oxidation sites excluding steroid dienone is 2. The molecular weight excluding hydrogens is 172 g/mol. The molecule has 1 heteroatoms. The molecule has 0 N–H and O–H groups in total. The molecule has 14 heavy (non-hydrogen) atoms. The topological polar surface area (TPSA) is 17.1 Å². The van der Waals surface area contributed by atoms with Gasteiger partial charge in [-0.15, -0.1) is 6.58 Å².